The number of Topliss-reactive ketones (excluding diaryl/α,β-unsaturated/α-hetero) is 2. The Labute approximate surface area is 99.0 Å². The van der Waals surface area contributed by atoms with Crippen molar-refractivity contribution in [2.24, 2.45) is 7.05 Å². The third-order valence-corrected chi connectivity index (χ3v) is 2.41. The monoisotopic (exact) mass is 237 g/mol. The average Bonchev–Trinajstić information content (AvgIpc) is 2.76. The van der Waals surface area contributed by atoms with E-state index < -0.39 is 17.6 Å². The highest BCUT2D eigenvalue weighted by Gasteiger charge is 2.19. The first-order chi connectivity index (χ1) is 8.08. The number of ketones is 2. The van der Waals surface area contributed by atoms with Gasteiger partial charge >= 0.3 is 0 Å². The van der Waals surface area contributed by atoms with Gasteiger partial charge in [0.15, 0.2) is 0 Å². The molecule has 0 amide bonds. The highest BCUT2D eigenvalue weighted by atomic mass is 16.2. The van der Waals surface area contributed by atoms with E-state index in [0.29, 0.717) is 6.42 Å². The molecule has 0 aliphatic rings. The molecular formula is C11H15N3O3. The van der Waals surface area contributed by atoms with Crippen molar-refractivity contribution in [3.05, 3.63) is 18.2 Å². The summed E-state index contributed by atoms with van der Waals surface area (Å²) in [7, 11) is 3.35. The number of hydrogen-bond donors (Lipinski definition) is 1. The molecule has 0 spiro atoms. The van der Waals surface area contributed by atoms with Crippen LogP contribution in [-0.4, -0.2) is 40.5 Å². The van der Waals surface area contributed by atoms with Gasteiger partial charge in [0.25, 0.3) is 0 Å². The lowest BCUT2D eigenvalue weighted by atomic mass is 10.1. The summed E-state index contributed by atoms with van der Waals surface area (Å²) in [5.41, 5.74) is 0.143. The standard InChI is InChI=1S/C11H15N3O3/c1-12-8(6-15)3-4-10(16)11(17)9-5-14(2)7-13-9/h5-8,12H,3-4H2,1-2H3/t8-/m0/s1. The van der Waals surface area contributed by atoms with Gasteiger partial charge in [-0.15, -0.1) is 0 Å². The van der Waals surface area contributed by atoms with E-state index in [0.717, 1.165) is 6.29 Å². The number of likely N-dealkylation sites (N-methyl/N-ethyl adjacent to an activating group) is 1. The number of nitrogens with zero attached hydrogens (tertiary/aromatic N) is 2. The fourth-order valence-corrected chi connectivity index (χ4v) is 1.35. The van der Waals surface area contributed by atoms with Crippen molar-refractivity contribution < 1.29 is 14.4 Å². The van der Waals surface area contributed by atoms with E-state index >= 15 is 0 Å². The number of aryl methyl sites for hydroxylation is 1. The van der Waals surface area contributed by atoms with Crippen LogP contribution in [0.3, 0.4) is 0 Å². The summed E-state index contributed by atoms with van der Waals surface area (Å²) in [4.78, 5) is 37.5. The van der Waals surface area contributed by atoms with Crippen LogP contribution in [0.1, 0.15) is 23.3 Å². The molecule has 0 bridgehead atoms. The Bertz CT molecular complexity index is 425. The van der Waals surface area contributed by atoms with Crippen LogP contribution in [0.4, 0.5) is 0 Å². The molecule has 1 aromatic rings. The van der Waals surface area contributed by atoms with Crippen molar-refractivity contribution in [3.8, 4) is 0 Å². The Balaban J connectivity index is 2.53. The molecule has 1 atom stereocenters. The molecule has 0 aliphatic heterocycles. The molecule has 0 aromatic carbocycles. The maximum atomic E-state index is 11.6. The molecule has 1 aromatic heterocycles. The quantitative estimate of drug-likeness (QED) is 0.401. The van der Waals surface area contributed by atoms with Crippen LogP contribution in [0.25, 0.3) is 0 Å². The Kier molecular flexibility index (Phi) is 4.71. The maximum Gasteiger partial charge on any atom is 0.248 e. The van der Waals surface area contributed by atoms with Crippen molar-refractivity contribution in [1.82, 2.24) is 14.9 Å². The molecule has 1 rings (SSSR count). The smallest absolute Gasteiger partial charge is 0.248 e. The molecule has 1 N–H and O–H groups in total. The number of aldehydes is 1. The number of nitrogens with one attached hydrogen (secondary N) is 1. The predicted octanol–water partition coefficient (Wildman–Crippen LogP) is -0.261. The second-order valence-corrected chi connectivity index (χ2v) is 3.75. The van der Waals surface area contributed by atoms with Crippen LogP contribution in [0.2, 0.25) is 0 Å². The Hall–Kier alpha value is -1.82. The second kappa shape index (κ2) is 6.05. The zero-order chi connectivity index (χ0) is 12.8. The van der Waals surface area contributed by atoms with E-state index in [4.69, 9.17) is 0 Å². The third kappa shape index (κ3) is 3.60. The minimum Gasteiger partial charge on any atom is -0.340 e. The molecule has 92 valence electrons. The highest BCUT2D eigenvalue weighted by Crippen LogP contribution is 2.03. The first-order valence-corrected chi connectivity index (χ1v) is 5.26. The van der Waals surface area contributed by atoms with Crippen LogP contribution < -0.4 is 5.32 Å². The zero-order valence-electron chi connectivity index (χ0n) is 9.84. The Morgan fingerprint density at radius 3 is 2.76 bits per heavy atom. The number of carbonyl (C=O) groups excluding carboxylic acids is 3. The number of hydrogen-bond acceptors (Lipinski definition) is 5. The van der Waals surface area contributed by atoms with Gasteiger partial charge < -0.3 is 14.7 Å². The van der Waals surface area contributed by atoms with E-state index in [1.54, 1.807) is 18.7 Å². The molecule has 1 heterocycles. The van der Waals surface area contributed by atoms with Gasteiger partial charge in [0.2, 0.25) is 11.6 Å². The average molecular weight is 237 g/mol. The molecule has 17 heavy (non-hydrogen) atoms. The minimum absolute atomic E-state index is 0.0413. The molecule has 0 aliphatic carbocycles. The fraction of sp³-hybridized carbons (Fsp3) is 0.455. The van der Waals surface area contributed by atoms with Crippen molar-refractivity contribution in [1.29, 1.82) is 0 Å². The molecular weight excluding hydrogens is 222 g/mol. The van der Waals surface area contributed by atoms with E-state index in [1.165, 1.54) is 12.5 Å². The third-order valence-electron chi connectivity index (χ3n) is 2.41. The summed E-state index contributed by atoms with van der Waals surface area (Å²) in [6.45, 7) is 0. The zero-order valence-corrected chi connectivity index (χ0v) is 9.84. The van der Waals surface area contributed by atoms with E-state index in [-0.39, 0.29) is 12.1 Å². The molecule has 6 heteroatoms. The van der Waals surface area contributed by atoms with Crippen molar-refractivity contribution in [3.63, 3.8) is 0 Å². The Morgan fingerprint density at radius 1 is 1.59 bits per heavy atom. The van der Waals surface area contributed by atoms with Gasteiger partial charge in [0.1, 0.15) is 12.0 Å². The van der Waals surface area contributed by atoms with Crippen molar-refractivity contribution in [2.45, 2.75) is 18.9 Å². The van der Waals surface area contributed by atoms with E-state index in [1.807, 2.05) is 0 Å². The summed E-state index contributed by atoms with van der Waals surface area (Å²) in [6.07, 6.45) is 4.04. The summed E-state index contributed by atoms with van der Waals surface area (Å²) >= 11 is 0. The minimum atomic E-state index is -0.605. The lowest BCUT2D eigenvalue weighted by molar-refractivity contribution is -0.115. The summed E-state index contributed by atoms with van der Waals surface area (Å²) in [5, 5.41) is 2.74. The van der Waals surface area contributed by atoms with Crippen LogP contribution in [0.15, 0.2) is 12.5 Å². The lowest BCUT2D eigenvalue weighted by Crippen LogP contribution is -2.28. The van der Waals surface area contributed by atoms with Gasteiger partial charge in [-0.25, -0.2) is 4.98 Å². The Morgan fingerprint density at radius 2 is 2.29 bits per heavy atom. The van der Waals surface area contributed by atoms with E-state index in [2.05, 4.69) is 10.3 Å². The number of rotatable bonds is 7. The highest BCUT2D eigenvalue weighted by molar-refractivity contribution is 6.43. The lowest BCUT2D eigenvalue weighted by Gasteiger charge is -2.06. The fourth-order valence-electron chi connectivity index (χ4n) is 1.35. The number of carbonyl (C=O) groups is 3. The summed E-state index contributed by atoms with van der Waals surface area (Å²) in [6, 6.07) is -0.393. The number of aromatic nitrogens is 2. The van der Waals surface area contributed by atoms with Crippen LogP contribution >= 0.6 is 0 Å². The SMILES string of the molecule is CN[C@H](C=O)CCC(=O)C(=O)c1cn(C)cn1. The molecule has 0 unspecified atom stereocenters. The van der Waals surface area contributed by atoms with Gasteiger partial charge in [-0.2, -0.15) is 0 Å². The summed E-state index contributed by atoms with van der Waals surface area (Å²) < 4.78 is 1.60. The van der Waals surface area contributed by atoms with E-state index in [9.17, 15) is 14.4 Å². The van der Waals surface area contributed by atoms with Crippen LogP contribution in [-0.2, 0) is 16.6 Å². The predicted molar refractivity (Wildman–Crippen MR) is 60.7 cm³/mol. The second-order valence-electron chi connectivity index (χ2n) is 3.75. The summed E-state index contributed by atoms with van der Waals surface area (Å²) in [5.74, 6) is -1.13. The van der Waals surface area contributed by atoms with Gasteiger partial charge in [-0.1, -0.05) is 0 Å². The molecule has 0 radical (unpaired) electrons. The first-order valence-electron chi connectivity index (χ1n) is 5.26. The van der Waals surface area contributed by atoms with Gasteiger partial charge in [-0.3, -0.25) is 9.59 Å². The van der Waals surface area contributed by atoms with Crippen molar-refractivity contribution in [2.75, 3.05) is 7.05 Å². The molecule has 6 nitrogen and oxygen atoms in total. The van der Waals surface area contributed by atoms with Crippen LogP contribution in [0.5, 0.6) is 0 Å². The largest absolute Gasteiger partial charge is 0.340 e. The topological polar surface area (TPSA) is 81.1 Å². The molecule has 0 fully saturated rings. The molecule has 0 saturated carbocycles. The van der Waals surface area contributed by atoms with Crippen molar-refractivity contribution >= 4 is 17.9 Å². The first kappa shape index (κ1) is 13.2. The van der Waals surface area contributed by atoms with Crippen LogP contribution in [0, 0.1) is 0 Å². The number of imidazole rings is 1. The normalized spacial score (nSPS) is 12.1. The van der Waals surface area contributed by atoms with Gasteiger partial charge in [-0.05, 0) is 13.5 Å². The van der Waals surface area contributed by atoms with Gasteiger partial charge in [0.05, 0.1) is 12.4 Å². The maximum absolute atomic E-state index is 11.6. The van der Waals surface area contributed by atoms with Gasteiger partial charge in [0, 0.05) is 19.7 Å². The molecule has 0 saturated heterocycles.